The van der Waals surface area contributed by atoms with Gasteiger partial charge in [0.25, 0.3) is 0 Å². The van der Waals surface area contributed by atoms with E-state index in [-0.39, 0.29) is 0 Å². The Bertz CT molecular complexity index is 59.4. The van der Waals surface area contributed by atoms with Crippen molar-refractivity contribution in [3.63, 3.8) is 0 Å². The number of hydrogen-bond acceptors (Lipinski definition) is 1. The molecule has 0 aromatic rings. The summed E-state index contributed by atoms with van der Waals surface area (Å²) in [5.74, 6) is 1.56. The summed E-state index contributed by atoms with van der Waals surface area (Å²) in [7, 11) is 0. The van der Waals surface area contributed by atoms with Gasteiger partial charge in [0.2, 0.25) is 0 Å². The number of hydrogen-bond donors (Lipinski definition) is 0. The van der Waals surface area contributed by atoms with Gasteiger partial charge in [-0.2, -0.15) is 0 Å². The Balaban J connectivity index is -0.0000000380. The van der Waals surface area contributed by atoms with Crippen LogP contribution in [0.5, 0.6) is 0 Å². The Labute approximate surface area is 78.9 Å². The summed E-state index contributed by atoms with van der Waals surface area (Å²) < 4.78 is 0. The van der Waals surface area contributed by atoms with Gasteiger partial charge in [0, 0.05) is 0 Å². The second kappa shape index (κ2) is 78.4. The lowest BCUT2D eigenvalue weighted by atomic mass is 10.4. The molecule has 76 valence electrons. The molecule has 12 heavy (non-hydrogen) atoms. The van der Waals surface area contributed by atoms with Crippen LogP contribution in [-0.4, -0.2) is 5.94 Å². The van der Waals surface area contributed by atoms with E-state index in [9.17, 15) is 0 Å². The molecule has 0 aromatic heterocycles. The molecule has 0 rings (SSSR count). The fourth-order valence-electron chi connectivity index (χ4n) is 0. The molecule has 0 aliphatic heterocycles. The fraction of sp³-hybridized carbons (Fsp3) is 0.818. The summed E-state index contributed by atoms with van der Waals surface area (Å²) in [6, 6.07) is 0. The van der Waals surface area contributed by atoms with Crippen molar-refractivity contribution in [3.05, 3.63) is 6.08 Å². The predicted molar refractivity (Wildman–Crippen MR) is 59.2 cm³/mol. The molecule has 0 spiro atoms. The van der Waals surface area contributed by atoms with Gasteiger partial charge in [-0.25, -0.2) is 4.79 Å². The standard InChI is InChI=1S/C4H10.C3H4O.2C2H6/c1-3-4-2;1-2-3-4;2*1-2/h3-4H2,1-2H3;2H,1H3;2*1-2H3. The average Bonchev–Trinajstić information content (AvgIpc) is 2.23. The zero-order valence-corrected chi connectivity index (χ0v) is 9.90. The van der Waals surface area contributed by atoms with Crippen LogP contribution in [0.2, 0.25) is 0 Å². The quantitative estimate of drug-likeness (QED) is 0.543. The van der Waals surface area contributed by atoms with E-state index in [0.29, 0.717) is 0 Å². The molecule has 0 saturated carbocycles. The molecule has 0 radical (unpaired) electrons. The van der Waals surface area contributed by atoms with Crippen LogP contribution in [0.25, 0.3) is 0 Å². The highest BCUT2D eigenvalue weighted by Crippen LogP contribution is 1.76. The van der Waals surface area contributed by atoms with E-state index < -0.39 is 0 Å². The normalized spacial score (nSPS) is 4.92. The Hall–Kier alpha value is -0.550. The van der Waals surface area contributed by atoms with Gasteiger partial charge in [0.15, 0.2) is 0 Å². The van der Waals surface area contributed by atoms with Crippen molar-refractivity contribution in [2.45, 2.75) is 61.3 Å². The van der Waals surface area contributed by atoms with Crippen LogP contribution in [-0.2, 0) is 4.79 Å². The number of carbonyl (C=O) groups excluding carboxylic acids is 1. The van der Waals surface area contributed by atoms with Gasteiger partial charge in [-0.3, -0.25) is 0 Å². The lowest BCUT2D eigenvalue weighted by molar-refractivity contribution is 0.568. The highest BCUT2D eigenvalue weighted by Gasteiger charge is 1.56. The van der Waals surface area contributed by atoms with Crippen molar-refractivity contribution < 1.29 is 4.79 Å². The van der Waals surface area contributed by atoms with E-state index in [1.165, 1.54) is 18.9 Å². The summed E-state index contributed by atoms with van der Waals surface area (Å²) in [5, 5.41) is 0. The minimum Gasteiger partial charge on any atom is -0.234 e. The first kappa shape index (κ1) is 22.5. The van der Waals surface area contributed by atoms with Crippen LogP contribution in [0.3, 0.4) is 0 Å². The van der Waals surface area contributed by atoms with Gasteiger partial charge in [-0.1, -0.05) is 54.4 Å². The molecular formula is C11H26O. The zero-order valence-electron chi connectivity index (χ0n) is 9.90. The molecule has 0 fully saturated rings. The van der Waals surface area contributed by atoms with E-state index in [0.717, 1.165) is 0 Å². The molecule has 0 aliphatic rings. The smallest absolute Gasteiger partial charge is 0.119 e. The number of unbranched alkanes of at least 4 members (excludes halogenated alkanes) is 1. The molecule has 1 heteroatoms. The van der Waals surface area contributed by atoms with Gasteiger partial charge in [0.05, 0.1) is 0 Å². The lowest BCUT2D eigenvalue weighted by Gasteiger charge is -1.68. The molecule has 0 bridgehead atoms. The van der Waals surface area contributed by atoms with Crippen molar-refractivity contribution in [3.8, 4) is 0 Å². The van der Waals surface area contributed by atoms with E-state index in [1.54, 1.807) is 12.9 Å². The van der Waals surface area contributed by atoms with Crippen molar-refractivity contribution in [1.82, 2.24) is 0 Å². The first-order valence-electron chi connectivity index (χ1n) is 4.98. The second-order valence-corrected chi connectivity index (χ2v) is 1.41. The van der Waals surface area contributed by atoms with Gasteiger partial charge < -0.3 is 0 Å². The Morgan fingerprint density at radius 1 is 1.00 bits per heavy atom. The van der Waals surface area contributed by atoms with Gasteiger partial charge in [0.1, 0.15) is 5.94 Å². The van der Waals surface area contributed by atoms with E-state index >= 15 is 0 Å². The third-order valence-corrected chi connectivity index (χ3v) is 0.618. The molecule has 0 atom stereocenters. The van der Waals surface area contributed by atoms with Gasteiger partial charge in [-0.15, -0.1) is 0 Å². The first-order valence-corrected chi connectivity index (χ1v) is 4.98. The second-order valence-electron chi connectivity index (χ2n) is 1.41. The van der Waals surface area contributed by atoms with Crippen molar-refractivity contribution in [2.24, 2.45) is 0 Å². The molecular weight excluding hydrogens is 148 g/mol. The minimum atomic E-state index is 1.32. The maximum atomic E-state index is 8.99. The van der Waals surface area contributed by atoms with E-state index in [4.69, 9.17) is 4.79 Å². The Morgan fingerprint density at radius 2 is 1.17 bits per heavy atom. The maximum Gasteiger partial charge on any atom is 0.119 e. The Morgan fingerprint density at radius 3 is 1.17 bits per heavy atom. The molecule has 0 aliphatic carbocycles. The first-order chi connectivity index (χ1) is 5.83. The topological polar surface area (TPSA) is 17.1 Å². The lowest BCUT2D eigenvalue weighted by Crippen LogP contribution is -1.47. The van der Waals surface area contributed by atoms with Crippen molar-refractivity contribution in [1.29, 1.82) is 0 Å². The third-order valence-electron chi connectivity index (χ3n) is 0.618. The summed E-state index contributed by atoms with van der Waals surface area (Å²) in [6.45, 7) is 14.0. The third kappa shape index (κ3) is 321. The fourth-order valence-corrected chi connectivity index (χ4v) is 0. The molecule has 1 nitrogen and oxygen atoms in total. The zero-order chi connectivity index (χ0) is 10.8. The molecule has 0 aromatic carbocycles. The van der Waals surface area contributed by atoms with Gasteiger partial charge >= 0.3 is 0 Å². The summed E-state index contributed by atoms with van der Waals surface area (Å²) in [5.41, 5.74) is 0. The van der Waals surface area contributed by atoms with Crippen LogP contribution in [0, 0.1) is 0 Å². The highest BCUT2D eigenvalue weighted by molar-refractivity contribution is 5.43. The van der Waals surface area contributed by atoms with Crippen molar-refractivity contribution >= 4 is 5.94 Å². The minimum absolute atomic E-state index is 1.32. The SMILES string of the molecule is CC.CC.CC=C=O.CCCC. The van der Waals surface area contributed by atoms with Gasteiger partial charge in [-0.05, 0) is 13.0 Å². The monoisotopic (exact) mass is 174 g/mol. The summed E-state index contributed by atoms with van der Waals surface area (Å²) in [6.07, 6.45) is 3.96. The molecule has 0 amide bonds. The van der Waals surface area contributed by atoms with E-state index in [2.05, 4.69) is 13.8 Å². The summed E-state index contributed by atoms with van der Waals surface area (Å²) in [4.78, 5) is 8.99. The van der Waals surface area contributed by atoms with Crippen LogP contribution in [0.4, 0.5) is 0 Å². The molecule has 0 unspecified atom stereocenters. The molecule has 0 N–H and O–H groups in total. The number of allylic oxidation sites excluding steroid dienone is 1. The molecule has 0 saturated heterocycles. The predicted octanol–water partition coefficient (Wildman–Crippen LogP) is 4.25. The highest BCUT2D eigenvalue weighted by atomic mass is 16.1. The van der Waals surface area contributed by atoms with Crippen molar-refractivity contribution in [2.75, 3.05) is 0 Å². The maximum absolute atomic E-state index is 8.99. The van der Waals surface area contributed by atoms with Crippen LogP contribution < -0.4 is 0 Å². The summed E-state index contributed by atoms with van der Waals surface area (Å²) >= 11 is 0. The van der Waals surface area contributed by atoms with Crippen LogP contribution >= 0.6 is 0 Å². The molecule has 0 heterocycles. The van der Waals surface area contributed by atoms with Crippen LogP contribution in [0.15, 0.2) is 6.08 Å². The average molecular weight is 174 g/mol. The largest absolute Gasteiger partial charge is 0.234 e. The Kier molecular flexibility index (Phi) is 147. The van der Waals surface area contributed by atoms with E-state index in [1.807, 2.05) is 27.7 Å². The van der Waals surface area contributed by atoms with Crippen LogP contribution in [0.1, 0.15) is 61.3 Å². The number of rotatable bonds is 1.